The number of carbonyl (C=O) groups is 2. The van der Waals surface area contributed by atoms with Gasteiger partial charge in [-0.15, -0.1) is 0 Å². The van der Waals surface area contributed by atoms with Gasteiger partial charge in [0.1, 0.15) is 11.9 Å². The first-order chi connectivity index (χ1) is 16.0. The molecular weight excluding hydrogens is 449 g/mol. The normalized spacial score (nSPS) is 42.2. The number of ketones is 1. The lowest BCUT2D eigenvalue weighted by Gasteiger charge is -2.61. The first-order valence-corrected chi connectivity index (χ1v) is 13.0. The molecule has 4 aliphatic rings. The third-order valence-electron chi connectivity index (χ3n) is 9.97. The summed E-state index contributed by atoms with van der Waals surface area (Å²) >= 11 is 0. The van der Waals surface area contributed by atoms with Gasteiger partial charge in [0.05, 0.1) is 5.92 Å². The van der Waals surface area contributed by atoms with Crippen LogP contribution < -0.4 is 0 Å². The Morgan fingerprint density at radius 1 is 1.00 bits per heavy atom. The predicted octanol–water partition coefficient (Wildman–Crippen LogP) is 5.70. The fraction of sp³-hybridized carbons (Fsp3) is 0.923. The van der Waals surface area contributed by atoms with E-state index in [0.717, 1.165) is 38.5 Å². The Balaban J connectivity index is 1.54. The number of ether oxygens (including phenoxy) is 3. The second-order valence-electron chi connectivity index (χ2n) is 11.4. The van der Waals surface area contributed by atoms with Gasteiger partial charge >= 0.3 is 12.1 Å². The number of rotatable bonds is 6. The van der Waals surface area contributed by atoms with Gasteiger partial charge in [-0.05, 0) is 87.9 Å². The van der Waals surface area contributed by atoms with Crippen LogP contribution in [0.25, 0.3) is 0 Å². The molecule has 0 radical (unpaired) electrons. The number of Topliss-reactive ketones (excluding diaryl/α,β-unsaturated/α-hetero) is 1. The lowest BCUT2D eigenvalue weighted by molar-refractivity contribution is -0.214. The highest BCUT2D eigenvalue weighted by Gasteiger charge is 2.63. The molecule has 4 rings (SSSR count). The van der Waals surface area contributed by atoms with Crippen LogP contribution in [0.2, 0.25) is 0 Å². The van der Waals surface area contributed by atoms with Crippen molar-refractivity contribution in [2.75, 3.05) is 13.2 Å². The number of fused-ring (bicyclic) bond motifs is 5. The summed E-state index contributed by atoms with van der Waals surface area (Å²) in [6.07, 6.45) is -0.0127. The molecule has 0 amide bonds. The largest absolute Gasteiger partial charge is 0.490 e. The Kier molecular flexibility index (Phi) is 7.15. The quantitative estimate of drug-likeness (QED) is 0.355. The van der Waals surface area contributed by atoms with E-state index in [-0.39, 0.29) is 23.0 Å². The fourth-order valence-electron chi connectivity index (χ4n) is 8.37. The molecule has 8 atom stereocenters. The third kappa shape index (κ3) is 4.31. The van der Waals surface area contributed by atoms with Crippen LogP contribution in [0.15, 0.2) is 0 Å². The molecule has 0 bridgehead atoms. The number of alkyl halides is 3. The summed E-state index contributed by atoms with van der Waals surface area (Å²) in [7, 11) is 0. The van der Waals surface area contributed by atoms with E-state index in [1.54, 1.807) is 0 Å². The minimum atomic E-state index is -4.96. The molecule has 3 unspecified atom stereocenters. The number of esters is 1. The van der Waals surface area contributed by atoms with Crippen LogP contribution in [0.5, 0.6) is 0 Å². The van der Waals surface area contributed by atoms with Crippen molar-refractivity contribution in [3.63, 3.8) is 0 Å². The standard InChI is InChI=1S/C26H39F3O5/c1-5-32-22(33-6-2)17-14-25(4)15(13-20(17)30)7-8-16-18-9-10-21(34-23(31)26(27,28)29)24(18,3)12-11-19(16)25/h15-19,21-22H,5-14H2,1-4H3/t15?,16-,17?,18-,19+,21?,24-,25-/m0/s1. The SMILES string of the molecule is CCOC(OCC)C1C[C@@]2(C)C(CC[C@@H]3[C@H]2CC[C@]2(C)C(OC(=O)C(F)(F)F)CC[C@@H]32)CC1=O. The van der Waals surface area contributed by atoms with E-state index in [0.29, 0.717) is 43.8 Å². The van der Waals surface area contributed by atoms with Crippen LogP contribution in [0.1, 0.15) is 79.1 Å². The molecule has 194 valence electrons. The first kappa shape index (κ1) is 25.9. The second kappa shape index (κ2) is 9.38. The minimum absolute atomic E-state index is 0.0317. The van der Waals surface area contributed by atoms with Crippen LogP contribution in [0, 0.1) is 40.4 Å². The maximum absolute atomic E-state index is 13.1. The van der Waals surface area contributed by atoms with Crippen molar-refractivity contribution in [3.8, 4) is 0 Å². The van der Waals surface area contributed by atoms with Gasteiger partial charge in [-0.2, -0.15) is 13.2 Å². The molecule has 0 aromatic heterocycles. The van der Waals surface area contributed by atoms with Crippen molar-refractivity contribution in [3.05, 3.63) is 0 Å². The molecule has 0 aromatic carbocycles. The summed E-state index contributed by atoms with van der Waals surface area (Å²) in [6.45, 7) is 9.13. The average Bonchev–Trinajstić information content (AvgIpc) is 3.09. The molecule has 0 spiro atoms. The zero-order valence-corrected chi connectivity index (χ0v) is 20.8. The highest BCUT2D eigenvalue weighted by Crippen LogP contribution is 2.67. The molecule has 8 heteroatoms. The van der Waals surface area contributed by atoms with Crippen molar-refractivity contribution in [2.45, 2.75) is 97.6 Å². The highest BCUT2D eigenvalue weighted by atomic mass is 19.4. The van der Waals surface area contributed by atoms with Gasteiger partial charge in [-0.3, -0.25) is 4.79 Å². The maximum Gasteiger partial charge on any atom is 0.490 e. The lowest BCUT2D eigenvalue weighted by atomic mass is 9.44. The van der Waals surface area contributed by atoms with Crippen molar-refractivity contribution in [2.24, 2.45) is 40.4 Å². The summed E-state index contributed by atoms with van der Waals surface area (Å²) in [5.41, 5.74) is -0.454. The molecular formula is C26H39F3O5. The number of hydrogen-bond donors (Lipinski definition) is 0. The maximum atomic E-state index is 13.1. The molecule has 34 heavy (non-hydrogen) atoms. The van der Waals surface area contributed by atoms with Crippen molar-refractivity contribution in [1.29, 1.82) is 0 Å². The van der Waals surface area contributed by atoms with Gasteiger partial charge in [0.15, 0.2) is 6.29 Å². The van der Waals surface area contributed by atoms with Crippen molar-refractivity contribution < 1.29 is 37.0 Å². The molecule has 0 saturated heterocycles. The van der Waals surface area contributed by atoms with E-state index in [1.807, 2.05) is 20.8 Å². The van der Waals surface area contributed by atoms with E-state index in [1.165, 1.54) is 0 Å². The topological polar surface area (TPSA) is 61.8 Å². The molecule has 4 fully saturated rings. The highest BCUT2D eigenvalue weighted by molar-refractivity contribution is 5.82. The van der Waals surface area contributed by atoms with Gasteiger partial charge in [0.25, 0.3) is 0 Å². The van der Waals surface area contributed by atoms with E-state index >= 15 is 0 Å². The second-order valence-corrected chi connectivity index (χ2v) is 11.4. The van der Waals surface area contributed by atoms with Crippen molar-refractivity contribution in [1.82, 2.24) is 0 Å². The number of hydrogen-bond acceptors (Lipinski definition) is 5. The number of halogens is 3. The van der Waals surface area contributed by atoms with Gasteiger partial charge < -0.3 is 14.2 Å². The minimum Gasteiger partial charge on any atom is -0.455 e. The van der Waals surface area contributed by atoms with Crippen LogP contribution in [-0.4, -0.2) is 43.5 Å². The fourth-order valence-corrected chi connectivity index (χ4v) is 8.37. The molecule has 0 heterocycles. The molecule has 5 nitrogen and oxygen atoms in total. The Bertz CT molecular complexity index is 779. The van der Waals surface area contributed by atoms with E-state index < -0.39 is 30.0 Å². The van der Waals surface area contributed by atoms with Gasteiger partial charge in [0.2, 0.25) is 0 Å². The van der Waals surface area contributed by atoms with E-state index in [2.05, 4.69) is 6.92 Å². The zero-order chi connectivity index (χ0) is 24.9. The van der Waals surface area contributed by atoms with Gasteiger partial charge in [-0.1, -0.05) is 13.8 Å². The molecule has 4 aliphatic carbocycles. The lowest BCUT2D eigenvalue weighted by Crippen LogP contribution is -2.57. The van der Waals surface area contributed by atoms with Crippen molar-refractivity contribution >= 4 is 11.8 Å². The van der Waals surface area contributed by atoms with E-state index in [4.69, 9.17) is 14.2 Å². The Morgan fingerprint density at radius 2 is 1.65 bits per heavy atom. The van der Waals surface area contributed by atoms with Gasteiger partial charge in [0, 0.05) is 25.0 Å². The summed E-state index contributed by atoms with van der Waals surface area (Å²) in [5, 5.41) is 0. The summed E-state index contributed by atoms with van der Waals surface area (Å²) < 4.78 is 55.3. The summed E-state index contributed by atoms with van der Waals surface area (Å²) in [6, 6.07) is 0. The van der Waals surface area contributed by atoms with Crippen LogP contribution in [0.3, 0.4) is 0 Å². The predicted molar refractivity (Wildman–Crippen MR) is 119 cm³/mol. The summed E-state index contributed by atoms with van der Waals surface area (Å²) in [5.74, 6) is -0.775. The van der Waals surface area contributed by atoms with Crippen LogP contribution in [-0.2, 0) is 23.8 Å². The number of carbonyl (C=O) groups excluding carboxylic acids is 2. The molecule has 4 saturated carbocycles. The Labute approximate surface area is 200 Å². The zero-order valence-electron chi connectivity index (χ0n) is 20.8. The Hall–Kier alpha value is -1.15. The molecule has 0 N–H and O–H groups in total. The van der Waals surface area contributed by atoms with E-state index in [9.17, 15) is 22.8 Å². The summed E-state index contributed by atoms with van der Waals surface area (Å²) in [4.78, 5) is 24.7. The van der Waals surface area contributed by atoms with Crippen LogP contribution >= 0.6 is 0 Å². The smallest absolute Gasteiger partial charge is 0.455 e. The Morgan fingerprint density at radius 3 is 2.26 bits per heavy atom. The average molecular weight is 489 g/mol. The van der Waals surface area contributed by atoms with Gasteiger partial charge in [-0.25, -0.2) is 4.79 Å². The van der Waals surface area contributed by atoms with Crippen LogP contribution in [0.4, 0.5) is 13.2 Å². The molecule has 0 aromatic rings. The monoisotopic (exact) mass is 488 g/mol. The first-order valence-electron chi connectivity index (χ1n) is 13.0. The molecule has 0 aliphatic heterocycles. The third-order valence-corrected chi connectivity index (χ3v) is 9.97.